The van der Waals surface area contributed by atoms with Crippen LogP contribution in [0.25, 0.3) is 5.57 Å². The molecular formula is C23H23N3O2. The van der Waals surface area contributed by atoms with Crippen molar-refractivity contribution in [3.63, 3.8) is 0 Å². The monoisotopic (exact) mass is 373 g/mol. The van der Waals surface area contributed by atoms with Gasteiger partial charge in [0.1, 0.15) is 0 Å². The third-order valence-electron chi connectivity index (χ3n) is 5.69. The van der Waals surface area contributed by atoms with Crippen LogP contribution in [0.1, 0.15) is 40.8 Å². The number of esters is 1. The number of ether oxygens (including phenoxy) is 1. The second-order valence-electron chi connectivity index (χ2n) is 7.33. The van der Waals surface area contributed by atoms with E-state index in [1.165, 1.54) is 34.9 Å². The lowest BCUT2D eigenvalue weighted by molar-refractivity contribution is -0.142. The molecule has 2 heterocycles. The van der Waals surface area contributed by atoms with Crippen LogP contribution in [0.2, 0.25) is 0 Å². The van der Waals surface area contributed by atoms with Gasteiger partial charge in [-0.25, -0.2) is 0 Å². The van der Waals surface area contributed by atoms with Gasteiger partial charge in [-0.1, -0.05) is 17.7 Å². The predicted octanol–water partition coefficient (Wildman–Crippen LogP) is 3.12. The van der Waals surface area contributed by atoms with Crippen LogP contribution < -0.4 is 0 Å². The minimum Gasteiger partial charge on any atom is -0.468 e. The van der Waals surface area contributed by atoms with Gasteiger partial charge in [-0.05, 0) is 60.6 Å². The number of fused-ring (bicyclic) bond motifs is 2. The Balaban J connectivity index is 1.75. The smallest absolute Gasteiger partial charge is 0.319 e. The van der Waals surface area contributed by atoms with Crippen LogP contribution >= 0.6 is 0 Å². The van der Waals surface area contributed by atoms with Gasteiger partial charge in [0, 0.05) is 24.9 Å². The number of benzene rings is 1. The molecule has 1 saturated heterocycles. The van der Waals surface area contributed by atoms with Crippen molar-refractivity contribution in [1.29, 1.82) is 5.26 Å². The molecule has 0 amide bonds. The van der Waals surface area contributed by atoms with E-state index < -0.39 is 0 Å². The van der Waals surface area contributed by atoms with E-state index in [0.717, 1.165) is 44.5 Å². The molecule has 142 valence electrons. The lowest BCUT2D eigenvalue weighted by Gasteiger charge is -2.29. The summed E-state index contributed by atoms with van der Waals surface area (Å²) in [5.41, 5.74) is 8.07. The third-order valence-corrected chi connectivity index (χ3v) is 5.69. The number of carbonyl (C=O) groups excluding carboxylic acids is 1. The molecule has 1 aromatic heterocycles. The average Bonchev–Trinajstić information content (AvgIpc) is 2.90. The number of hydrogen-bond donors (Lipinski definition) is 0. The van der Waals surface area contributed by atoms with Crippen molar-refractivity contribution < 1.29 is 9.53 Å². The van der Waals surface area contributed by atoms with E-state index >= 15 is 0 Å². The molecule has 0 N–H and O–H groups in total. The van der Waals surface area contributed by atoms with Crippen molar-refractivity contribution in [1.82, 2.24) is 9.88 Å². The first kappa shape index (κ1) is 18.4. The summed E-state index contributed by atoms with van der Waals surface area (Å²) in [5, 5.41) is 9.30. The molecule has 5 nitrogen and oxygen atoms in total. The Morgan fingerprint density at radius 3 is 2.71 bits per heavy atom. The lowest BCUT2D eigenvalue weighted by atomic mass is 9.88. The first-order chi connectivity index (χ1) is 13.7. The molecule has 1 fully saturated rings. The quantitative estimate of drug-likeness (QED) is 0.757. The van der Waals surface area contributed by atoms with Crippen molar-refractivity contribution >= 4 is 11.5 Å². The zero-order valence-electron chi connectivity index (χ0n) is 16.1. The van der Waals surface area contributed by atoms with Gasteiger partial charge in [0.2, 0.25) is 0 Å². The number of likely N-dealkylation sites (tertiary alicyclic amines) is 1. The molecule has 0 radical (unpaired) electrons. The maximum absolute atomic E-state index is 11.6. The second kappa shape index (κ2) is 7.95. The fourth-order valence-electron chi connectivity index (χ4n) is 4.21. The van der Waals surface area contributed by atoms with Crippen molar-refractivity contribution in [2.24, 2.45) is 0 Å². The molecule has 0 saturated carbocycles. The number of methoxy groups -OCH3 is 1. The van der Waals surface area contributed by atoms with E-state index in [1.54, 1.807) is 0 Å². The third kappa shape index (κ3) is 3.56. The van der Waals surface area contributed by atoms with E-state index in [0.29, 0.717) is 12.1 Å². The Hall–Kier alpha value is -2.97. The van der Waals surface area contributed by atoms with E-state index in [4.69, 9.17) is 9.72 Å². The molecule has 0 atom stereocenters. The summed E-state index contributed by atoms with van der Waals surface area (Å²) < 4.78 is 4.80. The normalized spacial score (nSPS) is 16.6. The van der Waals surface area contributed by atoms with Gasteiger partial charge in [0.25, 0.3) is 0 Å². The highest BCUT2D eigenvalue weighted by molar-refractivity contribution is 5.84. The van der Waals surface area contributed by atoms with Crippen molar-refractivity contribution in [3.05, 3.63) is 70.0 Å². The Kier molecular flexibility index (Phi) is 5.23. The molecule has 4 rings (SSSR count). The lowest BCUT2D eigenvalue weighted by Crippen LogP contribution is -2.35. The van der Waals surface area contributed by atoms with Crippen LogP contribution in [0.3, 0.4) is 0 Å². The maximum atomic E-state index is 11.6. The Morgan fingerprint density at radius 2 is 1.96 bits per heavy atom. The minimum absolute atomic E-state index is 0.188. The highest BCUT2D eigenvalue weighted by atomic mass is 16.5. The zero-order valence-corrected chi connectivity index (χ0v) is 16.1. The van der Waals surface area contributed by atoms with Gasteiger partial charge < -0.3 is 4.74 Å². The summed E-state index contributed by atoms with van der Waals surface area (Å²) in [6.45, 7) is 2.01. The van der Waals surface area contributed by atoms with Crippen LogP contribution in [0.5, 0.6) is 0 Å². The predicted molar refractivity (Wildman–Crippen MR) is 107 cm³/mol. The number of nitrogens with zero attached hydrogens (tertiary/aromatic N) is 3. The number of hydrogen-bond acceptors (Lipinski definition) is 5. The van der Waals surface area contributed by atoms with Crippen LogP contribution in [0.15, 0.2) is 42.1 Å². The van der Waals surface area contributed by atoms with Crippen molar-refractivity contribution in [2.75, 3.05) is 26.7 Å². The number of piperidine rings is 1. The fourth-order valence-corrected chi connectivity index (χ4v) is 4.21. The number of aromatic nitrogens is 1. The van der Waals surface area contributed by atoms with Crippen LogP contribution in [-0.2, 0) is 22.4 Å². The van der Waals surface area contributed by atoms with Gasteiger partial charge >= 0.3 is 5.97 Å². The van der Waals surface area contributed by atoms with Crippen LogP contribution in [0.4, 0.5) is 0 Å². The Labute approximate surface area is 165 Å². The number of rotatable bonds is 2. The summed E-state index contributed by atoms with van der Waals surface area (Å²) in [6.07, 6.45) is 5.51. The average molecular weight is 373 g/mol. The van der Waals surface area contributed by atoms with Crippen LogP contribution in [0, 0.1) is 11.3 Å². The molecule has 1 aromatic carbocycles. The van der Waals surface area contributed by atoms with E-state index in [9.17, 15) is 10.1 Å². The standard InChI is InChI=1S/C23H23N3O2/c1-28-21(27)15-26-11-8-17(9-12-26)22-20-7-4-16(14-24)13-19(20)6-5-18-3-2-10-25-23(18)22/h2-4,7,10,13H,5-6,8-9,11-12,15H2,1H3. The Bertz CT molecular complexity index is 978. The number of pyridine rings is 1. The van der Waals surface area contributed by atoms with Crippen LogP contribution in [-0.4, -0.2) is 42.6 Å². The molecule has 2 aromatic rings. The highest BCUT2D eigenvalue weighted by Gasteiger charge is 2.25. The first-order valence-electron chi connectivity index (χ1n) is 9.68. The number of nitriles is 1. The maximum Gasteiger partial charge on any atom is 0.319 e. The van der Waals surface area contributed by atoms with Crippen molar-refractivity contribution in [3.8, 4) is 6.07 Å². The molecule has 2 aliphatic rings. The summed E-state index contributed by atoms with van der Waals surface area (Å²) >= 11 is 0. The summed E-state index contributed by atoms with van der Waals surface area (Å²) in [6, 6.07) is 12.4. The number of carbonyl (C=O) groups is 1. The van der Waals surface area contributed by atoms with Gasteiger partial charge in [-0.15, -0.1) is 0 Å². The van der Waals surface area contributed by atoms with Crippen molar-refractivity contribution in [2.45, 2.75) is 25.7 Å². The zero-order chi connectivity index (χ0) is 19.5. The molecule has 5 heteroatoms. The molecule has 28 heavy (non-hydrogen) atoms. The molecule has 1 aliphatic heterocycles. The summed E-state index contributed by atoms with van der Waals surface area (Å²) in [4.78, 5) is 18.5. The molecular weight excluding hydrogens is 350 g/mol. The summed E-state index contributed by atoms with van der Waals surface area (Å²) in [7, 11) is 1.43. The molecule has 1 aliphatic carbocycles. The topological polar surface area (TPSA) is 66.2 Å². The number of aryl methyl sites for hydroxylation is 2. The molecule has 0 spiro atoms. The molecule has 0 unspecified atom stereocenters. The largest absolute Gasteiger partial charge is 0.468 e. The fraction of sp³-hybridized carbons (Fsp3) is 0.348. The van der Waals surface area contributed by atoms with E-state index in [1.807, 2.05) is 24.4 Å². The van der Waals surface area contributed by atoms with Gasteiger partial charge in [0.15, 0.2) is 0 Å². The SMILES string of the molecule is COC(=O)CN1CCC(=C2c3ccc(C#N)cc3CCc3cccnc32)CC1. The second-order valence-corrected chi connectivity index (χ2v) is 7.33. The van der Waals surface area contributed by atoms with Gasteiger partial charge in [-0.3, -0.25) is 14.7 Å². The first-order valence-corrected chi connectivity index (χ1v) is 9.68. The van der Waals surface area contributed by atoms with Gasteiger partial charge in [-0.2, -0.15) is 5.26 Å². The van der Waals surface area contributed by atoms with E-state index in [-0.39, 0.29) is 5.97 Å². The molecule has 0 bridgehead atoms. The van der Waals surface area contributed by atoms with Gasteiger partial charge in [0.05, 0.1) is 31.0 Å². The Morgan fingerprint density at radius 1 is 1.18 bits per heavy atom. The minimum atomic E-state index is -0.188. The highest BCUT2D eigenvalue weighted by Crippen LogP contribution is 2.37. The van der Waals surface area contributed by atoms with E-state index in [2.05, 4.69) is 23.1 Å². The summed E-state index contributed by atoms with van der Waals surface area (Å²) in [5.74, 6) is -0.188.